The molecule has 1 aromatic rings. The van der Waals surface area contributed by atoms with E-state index < -0.39 is 0 Å². The van der Waals surface area contributed by atoms with Crippen LogP contribution in [0.3, 0.4) is 0 Å². The lowest BCUT2D eigenvalue weighted by Gasteiger charge is -2.35. The van der Waals surface area contributed by atoms with Crippen LogP contribution in [-0.2, 0) is 20.8 Å². The first-order valence-electron chi connectivity index (χ1n) is 10.5. The minimum absolute atomic E-state index is 0.229. The van der Waals surface area contributed by atoms with Crippen molar-refractivity contribution in [3.8, 4) is 11.5 Å². The Morgan fingerprint density at radius 2 is 1.86 bits per heavy atom. The van der Waals surface area contributed by atoms with E-state index in [0.717, 1.165) is 50.6 Å². The van der Waals surface area contributed by atoms with Crippen molar-refractivity contribution >= 4 is 5.97 Å². The van der Waals surface area contributed by atoms with E-state index in [4.69, 9.17) is 18.9 Å². The highest BCUT2D eigenvalue weighted by Crippen LogP contribution is 2.39. The average Bonchev–Trinajstić information content (AvgIpc) is 3.09. The molecule has 0 radical (unpaired) electrons. The number of methoxy groups -OCH3 is 3. The summed E-state index contributed by atoms with van der Waals surface area (Å²) in [6.45, 7) is 5.51. The van der Waals surface area contributed by atoms with Gasteiger partial charge in [0.2, 0.25) is 0 Å². The van der Waals surface area contributed by atoms with Gasteiger partial charge in [-0.1, -0.05) is 0 Å². The number of hydrazine groups is 1. The topological polar surface area (TPSA) is 60.5 Å². The molecule has 2 heterocycles. The Balaban J connectivity index is 1.87. The van der Waals surface area contributed by atoms with Gasteiger partial charge in [0.1, 0.15) is 0 Å². The molecule has 2 aliphatic heterocycles. The van der Waals surface area contributed by atoms with Crippen molar-refractivity contribution in [1.82, 2.24) is 10.0 Å². The molecule has 0 bridgehead atoms. The third kappa shape index (κ3) is 5.21. The third-order valence-electron chi connectivity index (χ3n) is 6.01. The smallest absolute Gasteiger partial charge is 0.302 e. The van der Waals surface area contributed by atoms with Crippen LogP contribution >= 0.6 is 0 Å². The fourth-order valence-corrected chi connectivity index (χ4v) is 4.61. The number of rotatable bonds is 8. The van der Waals surface area contributed by atoms with Crippen molar-refractivity contribution < 1.29 is 23.7 Å². The molecular weight excluding hydrogens is 372 g/mol. The quantitative estimate of drug-likeness (QED) is 0.615. The lowest BCUT2D eigenvalue weighted by atomic mass is 9.90. The van der Waals surface area contributed by atoms with Gasteiger partial charge in [0.25, 0.3) is 0 Å². The Hall–Kier alpha value is -1.83. The van der Waals surface area contributed by atoms with Crippen molar-refractivity contribution in [1.29, 1.82) is 0 Å². The van der Waals surface area contributed by atoms with Gasteiger partial charge < -0.3 is 18.9 Å². The maximum atomic E-state index is 11.2. The molecule has 29 heavy (non-hydrogen) atoms. The Kier molecular flexibility index (Phi) is 7.75. The fourth-order valence-electron chi connectivity index (χ4n) is 4.61. The molecule has 0 aromatic heterocycles. The molecular formula is C22H34N2O5. The molecule has 2 aliphatic rings. The summed E-state index contributed by atoms with van der Waals surface area (Å²) in [5.41, 5.74) is 2.51. The summed E-state index contributed by atoms with van der Waals surface area (Å²) in [6, 6.07) is 4.64. The zero-order chi connectivity index (χ0) is 20.8. The summed E-state index contributed by atoms with van der Waals surface area (Å²) in [6.07, 6.45) is 4.16. The van der Waals surface area contributed by atoms with Gasteiger partial charge in [-0.3, -0.25) is 4.79 Å². The molecule has 1 fully saturated rings. The van der Waals surface area contributed by atoms with Gasteiger partial charge in [-0.2, -0.15) is 0 Å². The highest BCUT2D eigenvalue weighted by Gasteiger charge is 2.33. The van der Waals surface area contributed by atoms with E-state index in [-0.39, 0.29) is 5.97 Å². The molecule has 7 nitrogen and oxygen atoms in total. The summed E-state index contributed by atoms with van der Waals surface area (Å²) >= 11 is 0. The van der Waals surface area contributed by atoms with Gasteiger partial charge >= 0.3 is 5.97 Å². The van der Waals surface area contributed by atoms with E-state index >= 15 is 0 Å². The first-order chi connectivity index (χ1) is 14.1. The number of nitrogens with zero attached hydrogens (tertiary/aromatic N) is 2. The van der Waals surface area contributed by atoms with Gasteiger partial charge in [0.15, 0.2) is 11.5 Å². The monoisotopic (exact) mass is 406 g/mol. The van der Waals surface area contributed by atoms with Crippen LogP contribution in [0.25, 0.3) is 0 Å². The van der Waals surface area contributed by atoms with Gasteiger partial charge in [0, 0.05) is 39.7 Å². The second-order valence-electron chi connectivity index (χ2n) is 7.82. The van der Waals surface area contributed by atoms with Crippen LogP contribution in [0.15, 0.2) is 12.1 Å². The first kappa shape index (κ1) is 21.9. The Morgan fingerprint density at radius 1 is 1.10 bits per heavy atom. The highest BCUT2D eigenvalue weighted by molar-refractivity contribution is 5.65. The van der Waals surface area contributed by atoms with Crippen molar-refractivity contribution in [3.05, 3.63) is 23.3 Å². The number of carbonyl (C=O) groups is 1. The molecule has 0 N–H and O–H groups in total. The Labute approximate surface area is 173 Å². The number of hydrogen-bond donors (Lipinski definition) is 0. The predicted molar refractivity (Wildman–Crippen MR) is 110 cm³/mol. The van der Waals surface area contributed by atoms with Gasteiger partial charge in [-0.25, -0.2) is 10.0 Å². The number of ether oxygens (including phenoxy) is 4. The molecule has 0 amide bonds. The Bertz CT molecular complexity index is 696. The highest BCUT2D eigenvalue weighted by atomic mass is 16.5. The van der Waals surface area contributed by atoms with E-state index in [0.29, 0.717) is 18.6 Å². The van der Waals surface area contributed by atoms with Crippen molar-refractivity contribution in [2.75, 3.05) is 47.6 Å². The van der Waals surface area contributed by atoms with Crippen molar-refractivity contribution in [2.45, 2.75) is 51.1 Å². The zero-order valence-electron chi connectivity index (χ0n) is 18.1. The molecule has 0 saturated carbocycles. The second-order valence-corrected chi connectivity index (χ2v) is 7.82. The zero-order valence-corrected chi connectivity index (χ0v) is 18.1. The molecule has 0 unspecified atom stereocenters. The van der Waals surface area contributed by atoms with Crippen LogP contribution in [-0.4, -0.2) is 69.7 Å². The molecule has 1 saturated heterocycles. The van der Waals surface area contributed by atoms with Crippen LogP contribution < -0.4 is 9.47 Å². The van der Waals surface area contributed by atoms with Gasteiger partial charge in [-0.05, 0) is 54.9 Å². The molecule has 0 spiro atoms. The summed E-state index contributed by atoms with van der Waals surface area (Å²) in [5, 5.41) is 4.95. The van der Waals surface area contributed by atoms with E-state index in [1.54, 1.807) is 21.3 Å². The van der Waals surface area contributed by atoms with Gasteiger partial charge in [-0.15, -0.1) is 0 Å². The fraction of sp³-hybridized carbons (Fsp3) is 0.682. The average molecular weight is 407 g/mol. The SMILES string of the molecule is COC[C@@H]1CCCN1N1CC[C@H](CCOC(C)=O)c2cc(OC)c(OC)cc2C1. The van der Waals surface area contributed by atoms with E-state index in [9.17, 15) is 4.79 Å². The van der Waals surface area contributed by atoms with E-state index in [2.05, 4.69) is 22.2 Å². The number of fused-ring (bicyclic) bond motifs is 1. The molecule has 2 atom stereocenters. The van der Waals surface area contributed by atoms with Crippen molar-refractivity contribution in [2.24, 2.45) is 0 Å². The summed E-state index contributed by atoms with van der Waals surface area (Å²) < 4.78 is 21.8. The summed E-state index contributed by atoms with van der Waals surface area (Å²) in [7, 11) is 5.11. The summed E-state index contributed by atoms with van der Waals surface area (Å²) in [4.78, 5) is 11.2. The third-order valence-corrected chi connectivity index (χ3v) is 6.01. The minimum Gasteiger partial charge on any atom is -0.493 e. The minimum atomic E-state index is -0.229. The molecule has 0 aliphatic carbocycles. The molecule has 162 valence electrons. The lowest BCUT2D eigenvalue weighted by molar-refractivity contribution is -0.141. The first-order valence-corrected chi connectivity index (χ1v) is 10.5. The molecule has 3 rings (SSSR count). The van der Waals surface area contributed by atoms with Gasteiger partial charge in [0.05, 0.1) is 27.4 Å². The maximum absolute atomic E-state index is 11.2. The Morgan fingerprint density at radius 3 is 2.55 bits per heavy atom. The van der Waals surface area contributed by atoms with Crippen LogP contribution in [0.1, 0.15) is 49.7 Å². The maximum Gasteiger partial charge on any atom is 0.302 e. The number of hydrogen-bond acceptors (Lipinski definition) is 7. The van der Waals surface area contributed by atoms with Crippen LogP contribution in [0.4, 0.5) is 0 Å². The number of carbonyl (C=O) groups excluding carboxylic acids is 1. The molecule has 7 heteroatoms. The second kappa shape index (κ2) is 10.3. The number of esters is 1. The van der Waals surface area contributed by atoms with E-state index in [1.165, 1.54) is 30.9 Å². The standard InChI is InChI=1S/C22H34N2O5/c1-16(25)29-11-8-17-7-10-23(24-9-5-6-19(24)15-26-2)14-18-12-21(27-3)22(28-4)13-20(17)18/h12-13,17,19H,5-11,14-15H2,1-4H3/t17-,19+/m1/s1. The normalized spacial score (nSPS) is 22.8. The lowest BCUT2D eigenvalue weighted by Crippen LogP contribution is -2.46. The number of benzene rings is 1. The van der Waals surface area contributed by atoms with Crippen LogP contribution in [0, 0.1) is 0 Å². The van der Waals surface area contributed by atoms with E-state index in [1.807, 2.05) is 0 Å². The van der Waals surface area contributed by atoms with Crippen LogP contribution in [0.2, 0.25) is 0 Å². The largest absolute Gasteiger partial charge is 0.493 e. The summed E-state index contributed by atoms with van der Waals surface area (Å²) in [5.74, 6) is 1.57. The molecule has 1 aromatic carbocycles. The van der Waals surface area contributed by atoms with Crippen molar-refractivity contribution in [3.63, 3.8) is 0 Å². The van der Waals surface area contributed by atoms with Crippen LogP contribution in [0.5, 0.6) is 11.5 Å². The predicted octanol–water partition coefficient (Wildman–Crippen LogP) is 2.97.